The average molecular weight is 428 g/mol. The molecule has 140 valence electrons. The fraction of sp³-hybridized carbons (Fsp3) is 0.250. The molecule has 0 saturated heterocycles. The molecule has 1 N–H and O–H groups in total. The van der Waals surface area contributed by atoms with Crippen molar-refractivity contribution >= 4 is 33.7 Å². The number of carbonyl (C=O) groups is 1. The van der Waals surface area contributed by atoms with Crippen molar-refractivity contribution in [2.24, 2.45) is 0 Å². The number of nitrogens with zero attached hydrogens (tertiary/aromatic N) is 4. The largest absolute Gasteiger partial charge is 0.305 e. The van der Waals surface area contributed by atoms with Gasteiger partial charge in [-0.1, -0.05) is 29.8 Å². The summed E-state index contributed by atoms with van der Waals surface area (Å²) in [5.74, 6) is 0.262. The van der Waals surface area contributed by atoms with E-state index in [9.17, 15) is 4.79 Å². The minimum atomic E-state index is -0.236. The minimum Gasteiger partial charge on any atom is -0.305 e. The molecule has 0 fully saturated rings. The molecular formula is C20H22BrN5O. The van der Waals surface area contributed by atoms with Crippen molar-refractivity contribution in [3.8, 4) is 0 Å². The van der Waals surface area contributed by atoms with Gasteiger partial charge in [0.1, 0.15) is 0 Å². The number of rotatable bonds is 6. The van der Waals surface area contributed by atoms with Crippen molar-refractivity contribution in [3.63, 3.8) is 0 Å². The van der Waals surface area contributed by atoms with Gasteiger partial charge in [-0.15, -0.1) is 0 Å². The molecule has 0 radical (unpaired) electrons. The maximum atomic E-state index is 12.2. The molecule has 0 spiro atoms. The van der Waals surface area contributed by atoms with Crippen LogP contribution >= 0.6 is 15.9 Å². The summed E-state index contributed by atoms with van der Waals surface area (Å²) in [5, 5.41) is 11.5. The maximum absolute atomic E-state index is 12.2. The summed E-state index contributed by atoms with van der Waals surface area (Å²) in [6.07, 6.45) is 6.87. The van der Waals surface area contributed by atoms with E-state index in [0.717, 1.165) is 27.8 Å². The molecule has 0 aliphatic carbocycles. The number of carbonyl (C=O) groups excluding carboxylic acids is 1. The highest BCUT2D eigenvalue weighted by molar-refractivity contribution is 9.10. The van der Waals surface area contributed by atoms with Gasteiger partial charge in [-0.3, -0.25) is 14.2 Å². The summed E-state index contributed by atoms with van der Waals surface area (Å²) in [7, 11) is 0. The van der Waals surface area contributed by atoms with Gasteiger partial charge in [0.25, 0.3) is 0 Å². The Kier molecular flexibility index (Phi) is 5.91. The molecule has 0 aliphatic heterocycles. The van der Waals surface area contributed by atoms with Gasteiger partial charge >= 0.3 is 0 Å². The van der Waals surface area contributed by atoms with E-state index < -0.39 is 0 Å². The molecule has 7 heteroatoms. The van der Waals surface area contributed by atoms with Gasteiger partial charge in [0.05, 0.1) is 17.2 Å². The number of aromatic nitrogens is 4. The Morgan fingerprint density at radius 1 is 1.26 bits per heavy atom. The third kappa shape index (κ3) is 4.74. The van der Waals surface area contributed by atoms with Crippen molar-refractivity contribution in [1.82, 2.24) is 19.6 Å². The van der Waals surface area contributed by atoms with Crippen LogP contribution in [0.2, 0.25) is 0 Å². The van der Waals surface area contributed by atoms with Crippen molar-refractivity contribution in [2.45, 2.75) is 33.9 Å². The Hall–Kier alpha value is -2.67. The first-order chi connectivity index (χ1) is 13.0. The van der Waals surface area contributed by atoms with Crippen LogP contribution in [0.15, 0.2) is 47.2 Å². The van der Waals surface area contributed by atoms with E-state index in [1.807, 2.05) is 24.7 Å². The van der Waals surface area contributed by atoms with E-state index in [0.29, 0.717) is 12.4 Å². The predicted molar refractivity (Wildman–Crippen MR) is 111 cm³/mol. The first-order valence-electron chi connectivity index (χ1n) is 8.76. The van der Waals surface area contributed by atoms with Crippen molar-refractivity contribution in [2.75, 3.05) is 5.32 Å². The number of benzene rings is 1. The normalized spacial score (nSPS) is 11.3. The Balaban J connectivity index is 1.65. The summed E-state index contributed by atoms with van der Waals surface area (Å²) in [6, 6.07) is 8.30. The number of hydrogen-bond acceptors (Lipinski definition) is 3. The number of anilines is 1. The zero-order valence-corrected chi connectivity index (χ0v) is 17.2. The van der Waals surface area contributed by atoms with Gasteiger partial charge in [0, 0.05) is 30.1 Å². The highest BCUT2D eigenvalue weighted by Gasteiger charge is 2.10. The lowest BCUT2D eigenvalue weighted by atomic mass is 10.1. The molecule has 0 unspecified atom stereocenters. The van der Waals surface area contributed by atoms with E-state index in [-0.39, 0.29) is 5.91 Å². The fourth-order valence-corrected chi connectivity index (χ4v) is 3.13. The topological polar surface area (TPSA) is 64.7 Å². The fourth-order valence-electron chi connectivity index (χ4n) is 2.71. The lowest BCUT2D eigenvalue weighted by molar-refractivity contribution is -0.111. The predicted octanol–water partition coefficient (Wildman–Crippen LogP) is 4.18. The van der Waals surface area contributed by atoms with Crippen LogP contribution in [0.25, 0.3) is 6.08 Å². The highest BCUT2D eigenvalue weighted by atomic mass is 79.9. The molecule has 27 heavy (non-hydrogen) atoms. The second-order valence-corrected chi connectivity index (χ2v) is 7.19. The van der Waals surface area contributed by atoms with E-state index in [1.54, 1.807) is 17.0 Å². The smallest absolute Gasteiger partial charge is 0.249 e. The van der Waals surface area contributed by atoms with Crippen LogP contribution in [0.4, 0.5) is 5.82 Å². The third-order valence-electron chi connectivity index (χ3n) is 4.28. The van der Waals surface area contributed by atoms with Crippen LogP contribution in [-0.4, -0.2) is 25.5 Å². The molecule has 1 aromatic carbocycles. The summed E-state index contributed by atoms with van der Waals surface area (Å²) in [4.78, 5) is 12.2. The summed E-state index contributed by atoms with van der Waals surface area (Å²) >= 11 is 3.46. The zero-order valence-electron chi connectivity index (χ0n) is 15.6. The van der Waals surface area contributed by atoms with Gasteiger partial charge in [-0.2, -0.15) is 10.2 Å². The van der Waals surface area contributed by atoms with Gasteiger partial charge in [-0.05, 0) is 48.3 Å². The van der Waals surface area contributed by atoms with Crippen molar-refractivity contribution in [1.29, 1.82) is 0 Å². The monoisotopic (exact) mass is 427 g/mol. The molecular weight excluding hydrogens is 406 g/mol. The molecule has 1 amide bonds. The Bertz CT molecular complexity index is 969. The molecule has 3 aromatic rings. The highest BCUT2D eigenvalue weighted by Crippen LogP contribution is 2.21. The Morgan fingerprint density at radius 2 is 2.00 bits per heavy atom. The van der Waals surface area contributed by atoms with E-state index >= 15 is 0 Å². The van der Waals surface area contributed by atoms with Gasteiger partial charge < -0.3 is 5.32 Å². The van der Waals surface area contributed by atoms with Crippen LogP contribution in [0.5, 0.6) is 0 Å². The van der Waals surface area contributed by atoms with Crippen LogP contribution in [0.3, 0.4) is 0 Å². The molecule has 0 aliphatic rings. The van der Waals surface area contributed by atoms with Crippen LogP contribution in [0.1, 0.15) is 29.3 Å². The number of nitrogens with one attached hydrogen (secondary N) is 1. The zero-order chi connectivity index (χ0) is 19.4. The van der Waals surface area contributed by atoms with Gasteiger partial charge in [0.15, 0.2) is 5.82 Å². The molecule has 0 bridgehead atoms. The minimum absolute atomic E-state index is 0.236. The number of hydrogen-bond donors (Lipinski definition) is 1. The lowest BCUT2D eigenvalue weighted by Gasteiger charge is -2.02. The number of amides is 1. The van der Waals surface area contributed by atoms with Crippen LogP contribution in [-0.2, 0) is 17.9 Å². The SMILES string of the molecule is CCn1ncc(/C=C/C(=O)Nc2nn(Cc3ccc(C)cc3)cc2Br)c1C. The third-order valence-corrected chi connectivity index (χ3v) is 4.86. The second-order valence-electron chi connectivity index (χ2n) is 6.33. The average Bonchev–Trinajstić information content (AvgIpc) is 3.17. The Morgan fingerprint density at radius 3 is 2.67 bits per heavy atom. The standard InChI is InChI=1S/C20H22BrN5O/c1-4-26-15(3)17(11-22-26)9-10-19(27)23-20-18(21)13-25(24-20)12-16-7-5-14(2)6-8-16/h5-11,13H,4,12H2,1-3H3,(H,23,24,27)/b10-9+. The maximum Gasteiger partial charge on any atom is 0.249 e. The Labute approximate surface area is 167 Å². The van der Waals surface area contributed by atoms with E-state index in [4.69, 9.17) is 0 Å². The quantitative estimate of drug-likeness (QED) is 0.600. The van der Waals surface area contributed by atoms with Gasteiger partial charge in [0.2, 0.25) is 5.91 Å². The first-order valence-corrected chi connectivity index (χ1v) is 9.55. The number of aryl methyl sites for hydroxylation is 2. The van der Waals surface area contributed by atoms with Crippen molar-refractivity contribution < 1.29 is 4.79 Å². The van der Waals surface area contributed by atoms with E-state index in [1.165, 1.54) is 11.6 Å². The summed E-state index contributed by atoms with van der Waals surface area (Å²) in [6.45, 7) is 7.52. The second kappa shape index (κ2) is 8.35. The summed E-state index contributed by atoms with van der Waals surface area (Å²) in [5.41, 5.74) is 4.33. The molecule has 2 heterocycles. The molecule has 3 rings (SSSR count). The molecule has 6 nitrogen and oxygen atoms in total. The molecule has 2 aromatic heterocycles. The lowest BCUT2D eigenvalue weighted by Crippen LogP contribution is -2.09. The van der Waals surface area contributed by atoms with Crippen LogP contribution < -0.4 is 5.32 Å². The summed E-state index contributed by atoms with van der Waals surface area (Å²) < 4.78 is 4.43. The van der Waals surface area contributed by atoms with Gasteiger partial charge in [-0.25, -0.2) is 0 Å². The molecule has 0 atom stereocenters. The molecule has 0 saturated carbocycles. The van der Waals surface area contributed by atoms with Crippen molar-refractivity contribution in [3.05, 3.63) is 69.6 Å². The number of halogens is 1. The van der Waals surface area contributed by atoms with E-state index in [2.05, 4.69) is 62.6 Å². The van der Waals surface area contributed by atoms with Crippen LogP contribution in [0, 0.1) is 13.8 Å². The first kappa shape index (κ1) is 19.1.